The Hall–Kier alpha value is -2.90. The van der Waals surface area contributed by atoms with Crippen LogP contribution in [0, 0.1) is 6.92 Å². The van der Waals surface area contributed by atoms with Gasteiger partial charge in [-0.1, -0.05) is 12.1 Å². The first-order valence-corrected chi connectivity index (χ1v) is 7.22. The summed E-state index contributed by atoms with van der Waals surface area (Å²) in [5.41, 5.74) is 1.35. The quantitative estimate of drug-likeness (QED) is 0.685. The van der Waals surface area contributed by atoms with Crippen molar-refractivity contribution in [1.29, 1.82) is 0 Å². The number of carbonyl (C=O) groups excluding carboxylic acids is 1. The van der Waals surface area contributed by atoms with E-state index in [4.69, 9.17) is 4.74 Å². The molecule has 0 spiro atoms. The highest BCUT2D eigenvalue weighted by molar-refractivity contribution is 5.87. The molecule has 0 aliphatic carbocycles. The van der Waals surface area contributed by atoms with Crippen molar-refractivity contribution >= 4 is 17.0 Å². The van der Waals surface area contributed by atoms with Crippen LogP contribution >= 0.6 is 0 Å². The van der Waals surface area contributed by atoms with E-state index >= 15 is 0 Å². The molecule has 0 aliphatic rings. The van der Waals surface area contributed by atoms with Crippen molar-refractivity contribution in [3.05, 3.63) is 53.9 Å². The molecule has 8 heteroatoms. The number of imidazole rings is 1. The molecule has 0 aliphatic heterocycles. The predicted octanol–water partition coefficient (Wildman–Crippen LogP) is 3.45. The van der Waals surface area contributed by atoms with Crippen molar-refractivity contribution in [1.82, 2.24) is 19.5 Å². The molecular formula is C16H14F2N4O2. The molecule has 2 aromatic heterocycles. The highest BCUT2D eigenvalue weighted by Crippen LogP contribution is 2.28. The maximum Gasteiger partial charge on any atom is 0.359 e. The molecule has 1 unspecified atom stereocenters. The number of para-hydroxylation sites is 2. The number of aromatic nitrogens is 4. The number of halogens is 2. The summed E-state index contributed by atoms with van der Waals surface area (Å²) in [5, 5.41) is 0. The number of fused-ring (bicyclic) bond motifs is 1. The number of hydrogen-bond donors (Lipinski definition) is 0. The summed E-state index contributed by atoms with van der Waals surface area (Å²) in [6.45, 7) is 0.419. The third kappa shape index (κ3) is 2.94. The number of carbonyl (C=O) groups is 1. The van der Waals surface area contributed by atoms with Crippen molar-refractivity contribution in [3.8, 4) is 0 Å². The molecule has 1 aromatic carbocycles. The van der Waals surface area contributed by atoms with Crippen LogP contribution in [0.3, 0.4) is 0 Å². The van der Waals surface area contributed by atoms with Gasteiger partial charge >= 0.3 is 12.5 Å². The van der Waals surface area contributed by atoms with Gasteiger partial charge in [-0.05, 0) is 26.0 Å². The number of benzene rings is 1. The van der Waals surface area contributed by atoms with Gasteiger partial charge in [0.25, 0.3) is 0 Å². The fourth-order valence-corrected chi connectivity index (χ4v) is 2.33. The van der Waals surface area contributed by atoms with Crippen molar-refractivity contribution < 1.29 is 18.3 Å². The molecule has 0 N–H and O–H groups in total. The molecule has 0 saturated carbocycles. The minimum absolute atomic E-state index is 0.00663. The van der Waals surface area contributed by atoms with Gasteiger partial charge in [0.1, 0.15) is 0 Å². The summed E-state index contributed by atoms with van der Waals surface area (Å²) in [7, 11) is 0. The Morgan fingerprint density at radius 2 is 1.96 bits per heavy atom. The SMILES string of the molecule is Cc1cnc(C(=O)OC(C)c2nc3ccccc3n2C(F)F)cn1. The zero-order valence-electron chi connectivity index (χ0n) is 13.0. The van der Waals surface area contributed by atoms with E-state index in [0.717, 1.165) is 4.57 Å². The van der Waals surface area contributed by atoms with E-state index in [1.54, 1.807) is 25.1 Å². The van der Waals surface area contributed by atoms with Gasteiger partial charge in [0, 0.05) is 6.20 Å². The molecule has 2 heterocycles. The largest absolute Gasteiger partial charge is 0.450 e. The number of nitrogens with zero attached hydrogens (tertiary/aromatic N) is 4. The fourth-order valence-electron chi connectivity index (χ4n) is 2.33. The van der Waals surface area contributed by atoms with Gasteiger partial charge in [0.2, 0.25) is 0 Å². The molecule has 0 fully saturated rings. The van der Waals surface area contributed by atoms with E-state index in [2.05, 4.69) is 15.0 Å². The number of alkyl halides is 2. The van der Waals surface area contributed by atoms with Crippen LogP contribution in [0.25, 0.3) is 11.0 Å². The van der Waals surface area contributed by atoms with Gasteiger partial charge < -0.3 is 4.74 Å². The molecule has 124 valence electrons. The van der Waals surface area contributed by atoms with Crippen LogP contribution in [0.4, 0.5) is 8.78 Å². The smallest absolute Gasteiger partial charge is 0.359 e. The number of rotatable bonds is 4. The van der Waals surface area contributed by atoms with E-state index < -0.39 is 18.6 Å². The van der Waals surface area contributed by atoms with Crippen molar-refractivity contribution in [2.24, 2.45) is 0 Å². The van der Waals surface area contributed by atoms with Crippen molar-refractivity contribution in [2.45, 2.75) is 26.5 Å². The van der Waals surface area contributed by atoms with Gasteiger partial charge in [-0.3, -0.25) is 9.55 Å². The Bertz CT molecular complexity index is 877. The normalized spacial score (nSPS) is 12.5. The molecule has 0 radical (unpaired) electrons. The molecule has 3 aromatic rings. The molecule has 0 amide bonds. The highest BCUT2D eigenvalue weighted by Gasteiger charge is 2.25. The second-order valence-electron chi connectivity index (χ2n) is 5.20. The van der Waals surface area contributed by atoms with E-state index in [-0.39, 0.29) is 17.0 Å². The average Bonchev–Trinajstić information content (AvgIpc) is 2.95. The third-order valence-electron chi connectivity index (χ3n) is 3.46. The number of aryl methyl sites for hydroxylation is 1. The zero-order chi connectivity index (χ0) is 17.3. The van der Waals surface area contributed by atoms with E-state index in [9.17, 15) is 13.6 Å². The predicted molar refractivity (Wildman–Crippen MR) is 81.6 cm³/mol. The second-order valence-corrected chi connectivity index (χ2v) is 5.20. The lowest BCUT2D eigenvalue weighted by molar-refractivity contribution is 0.0227. The minimum atomic E-state index is -2.80. The lowest BCUT2D eigenvalue weighted by atomic mass is 10.3. The molecule has 24 heavy (non-hydrogen) atoms. The monoisotopic (exact) mass is 332 g/mol. The van der Waals surface area contributed by atoms with Crippen LogP contribution in [0.5, 0.6) is 0 Å². The Balaban J connectivity index is 1.91. The van der Waals surface area contributed by atoms with Crippen molar-refractivity contribution in [2.75, 3.05) is 0 Å². The summed E-state index contributed by atoms with van der Waals surface area (Å²) in [4.78, 5) is 24.1. The average molecular weight is 332 g/mol. The Morgan fingerprint density at radius 1 is 1.21 bits per heavy atom. The molecule has 1 atom stereocenters. The summed E-state index contributed by atoms with van der Waals surface area (Å²) in [5.74, 6) is -0.775. The second kappa shape index (κ2) is 6.31. The Labute approximate surface area is 136 Å². The van der Waals surface area contributed by atoms with Crippen molar-refractivity contribution in [3.63, 3.8) is 0 Å². The first-order chi connectivity index (χ1) is 11.5. The molecule has 6 nitrogen and oxygen atoms in total. The van der Waals surface area contributed by atoms with Gasteiger partial charge in [0.15, 0.2) is 17.6 Å². The summed E-state index contributed by atoms with van der Waals surface area (Å²) >= 11 is 0. The zero-order valence-corrected chi connectivity index (χ0v) is 13.0. The fraction of sp³-hybridized carbons (Fsp3) is 0.250. The molecular weight excluding hydrogens is 318 g/mol. The van der Waals surface area contributed by atoms with E-state index in [1.807, 2.05) is 0 Å². The lowest BCUT2D eigenvalue weighted by Gasteiger charge is -2.14. The van der Waals surface area contributed by atoms with Gasteiger partial charge in [-0.25, -0.2) is 14.8 Å². The number of ether oxygens (including phenoxy) is 1. The lowest BCUT2D eigenvalue weighted by Crippen LogP contribution is -2.15. The van der Waals surface area contributed by atoms with Crippen LogP contribution in [-0.2, 0) is 4.74 Å². The minimum Gasteiger partial charge on any atom is -0.450 e. The van der Waals surface area contributed by atoms with Crippen LogP contribution in [0.15, 0.2) is 36.7 Å². The van der Waals surface area contributed by atoms with Crippen LogP contribution in [0.2, 0.25) is 0 Å². The summed E-state index contributed by atoms with van der Waals surface area (Å²) in [6.07, 6.45) is 1.73. The van der Waals surface area contributed by atoms with Gasteiger partial charge in [-0.2, -0.15) is 8.78 Å². The summed E-state index contributed by atoms with van der Waals surface area (Å²) < 4.78 is 32.8. The third-order valence-corrected chi connectivity index (χ3v) is 3.46. The maximum atomic E-state index is 13.4. The molecule has 0 saturated heterocycles. The van der Waals surface area contributed by atoms with E-state index in [1.165, 1.54) is 25.4 Å². The Kier molecular flexibility index (Phi) is 4.20. The maximum absolute atomic E-state index is 13.4. The summed E-state index contributed by atoms with van der Waals surface area (Å²) in [6, 6.07) is 6.51. The number of hydrogen-bond acceptors (Lipinski definition) is 5. The topological polar surface area (TPSA) is 69.9 Å². The first kappa shape index (κ1) is 16.0. The van der Waals surface area contributed by atoms with Gasteiger partial charge in [0.05, 0.1) is 22.9 Å². The van der Waals surface area contributed by atoms with Crippen LogP contribution in [-0.4, -0.2) is 25.5 Å². The molecule has 0 bridgehead atoms. The Morgan fingerprint density at radius 3 is 2.62 bits per heavy atom. The molecule has 3 rings (SSSR count). The van der Waals surface area contributed by atoms with E-state index in [0.29, 0.717) is 11.2 Å². The standard InChI is InChI=1S/C16H14F2N4O2/c1-9-7-20-12(8-19-9)15(23)24-10(2)14-21-11-5-3-4-6-13(11)22(14)16(17)18/h3-8,10,16H,1-2H3. The highest BCUT2D eigenvalue weighted by atomic mass is 19.3. The van der Waals surface area contributed by atoms with Crippen LogP contribution in [0.1, 0.15) is 41.6 Å². The van der Waals surface area contributed by atoms with Gasteiger partial charge in [-0.15, -0.1) is 0 Å². The number of esters is 1. The first-order valence-electron chi connectivity index (χ1n) is 7.22. The van der Waals surface area contributed by atoms with Crippen LogP contribution < -0.4 is 0 Å².